The van der Waals surface area contributed by atoms with Crippen molar-refractivity contribution >= 4 is 5.69 Å². The van der Waals surface area contributed by atoms with Crippen LogP contribution in [-0.4, -0.2) is 0 Å². The van der Waals surface area contributed by atoms with Gasteiger partial charge in [-0.15, -0.1) is 0 Å². The molecule has 1 aromatic heterocycles. The Hall–Kier alpha value is -1.83. The van der Waals surface area contributed by atoms with Crippen LogP contribution in [-0.2, 0) is 6.54 Å². The van der Waals surface area contributed by atoms with E-state index in [1.807, 2.05) is 18.5 Å². The van der Waals surface area contributed by atoms with Crippen molar-refractivity contribution < 1.29 is 4.98 Å². The number of aromatic amines is 1. The van der Waals surface area contributed by atoms with Gasteiger partial charge in [0.2, 0.25) is 0 Å². The molecular formula is C14H17N2+. The number of H-pyrrole nitrogens is 1. The van der Waals surface area contributed by atoms with Crippen LogP contribution in [0.3, 0.4) is 0 Å². The largest absolute Gasteiger partial charge is 0.381 e. The lowest BCUT2D eigenvalue weighted by molar-refractivity contribution is -0.378. The topological polar surface area (TPSA) is 26.2 Å². The average Bonchev–Trinajstić information content (AvgIpc) is 2.32. The molecule has 0 bridgehead atoms. The maximum Gasteiger partial charge on any atom is 0.171 e. The lowest BCUT2D eigenvalue weighted by atomic mass is 10.1. The number of benzene rings is 1. The first kappa shape index (κ1) is 10.7. The third-order valence-electron chi connectivity index (χ3n) is 2.78. The van der Waals surface area contributed by atoms with Gasteiger partial charge >= 0.3 is 0 Å². The highest BCUT2D eigenvalue weighted by Gasteiger charge is 1.97. The molecular weight excluding hydrogens is 196 g/mol. The summed E-state index contributed by atoms with van der Waals surface area (Å²) in [5.41, 5.74) is 5.08. The fourth-order valence-electron chi connectivity index (χ4n) is 1.60. The van der Waals surface area contributed by atoms with E-state index in [0.29, 0.717) is 0 Å². The van der Waals surface area contributed by atoms with E-state index in [4.69, 9.17) is 0 Å². The van der Waals surface area contributed by atoms with E-state index in [-0.39, 0.29) is 0 Å². The van der Waals surface area contributed by atoms with Gasteiger partial charge < -0.3 is 5.32 Å². The second-order valence-corrected chi connectivity index (χ2v) is 4.06. The number of hydrogen-bond acceptors (Lipinski definition) is 1. The standard InChI is InChI=1S/C14H16N2/c1-11-5-6-14(8-12(11)2)16-10-13-4-3-7-15-9-13/h3-9,16H,10H2,1-2H3/p+1. The van der Waals surface area contributed by atoms with E-state index in [1.165, 1.54) is 22.4 Å². The van der Waals surface area contributed by atoms with Crippen molar-refractivity contribution in [1.29, 1.82) is 0 Å². The van der Waals surface area contributed by atoms with Crippen molar-refractivity contribution in [1.82, 2.24) is 0 Å². The van der Waals surface area contributed by atoms with Crippen molar-refractivity contribution in [2.75, 3.05) is 5.32 Å². The van der Waals surface area contributed by atoms with E-state index in [2.05, 4.69) is 48.4 Å². The fourth-order valence-corrected chi connectivity index (χ4v) is 1.60. The van der Waals surface area contributed by atoms with Crippen LogP contribution < -0.4 is 10.3 Å². The van der Waals surface area contributed by atoms with Crippen LogP contribution in [0.4, 0.5) is 5.69 Å². The predicted octanol–water partition coefficient (Wildman–Crippen LogP) is 2.73. The minimum atomic E-state index is 0.847. The van der Waals surface area contributed by atoms with Crippen LogP contribution in [0.25, 0.3) is 0 Å². The van der Waals surface area contributed by atoms with Gasteiger partial charge in [-0.3, -0.25) is 0 Å². The molecule has 0 aliphatic heterocycles. The van der Waals surface area contributed by atoms with Crippen LogP contribution in [0.5, 0.6) is 0 Å². The Morgan fingerprint density at radius 1 is 1.12 bits per heavy atom. The zero-order valence-corrected chi connectivity index (χ0v) is 9.75. The lowest BCUT2D eigenvalue weighted by Crippen LogP contribution is -2.05. The van der Waals surface area contributed by atoms with Crippen molar-refractivity contribution in [2.24, 2.45) is 0 Å². The maximum absolute atomic E-state index is 3.41. The molecule has 82 valence electrons. The number of hydrogen-bond donors (Lipinski definition) is 1. The van der Waals surface area contributed by atoms with Crippen LogP contribution in [0.15, 0.2) is 42.7 Å². The maximum atomic E-state index is 3.41. The summed E-state index contributed by atoms with van der Waals surface area (Å²) in [5, 5.41) is 3.41. The summed E-state index contributed by atoms with van der Waals surface area (Å²) in [6.45, 7) is 5.11. The van der Waals surface area contributed by atoms with Crippen LogP contribution in [0, 0.1) is 13.8 Å². The number of nitrogens with one attached hydrogen (secondary N) is 2. The van der Waals surface area contributed by atoms with E-state index in [1.54, 1.807) is 0 Å². The SMILES string of the molecule is Cc1ccc(NCc2ccc[nH+]c2)cc1C. The molecule has 0 saturated heterocycles. The third-order valence-corrected chi connectivity index (χ3v) is 2.78. The number of rotatable bonds is 3. The van der Waals surface area contributed by atoms with Gasteiger partial charge in [0.25, 0.3) is 0 Å². The van der Waals surface area contributed by atoms with Gasteiger partial charge in [-0.2, -0.15) is 0 Å². The minimum Gasteiger partial charge on any atom is -0.381 e. The molecule has 0 radical (unpaired) electrons. The van der Waals surface area contributed by atoms with Gasteiger partial charge in [0, 0.05) is 23.9 Å². The quantitative estimate of drug-likeness (QED) is 0.833. The Bertz CT molecular complexity index is 463. The Labute approximate surface area is 96.4 Å². The summed E-state index contributed by atoms with van der Waals surface area (Å²) < 4.78 is 0. The molecule has 1 heterocycles. The highest BCUT2D eigenvalue weighted by molar-refractivity contribution is 5.48. The summed E-state index contributed by atoms with van der Waals surface area (Å²) in [4.78, 5) is 3.08. The molecule has 0 aliphatic rings. The van der Waals surface area contributed by atoms with E-state index >= 15 is 0 Å². The van der Waals surface area contributed by atoms with Crippen molar-refractivity contribution in [3.05, 3.63) is 59.4 Å². The summed E-state index contributed by atoms with van der Waals surface area (Å²) in [5.74, 6) is 0. The highest BCUT2D eigenvalue weighted by Crippen LogP contribution is 2.14. The van der Waals surface area contributed by atoms with Gasteiger partial charge in [0.15, 0.2) is 12.4 Å². The van der Waals surface area contributed by atoms with E-state index in [9.17, 15) is 0 Å². The van der Waals surface area contributed by atoms with Crippen LogP contribution >= 0.6 is 0 Å². The van der Waals surface area contributed by atoms with Gasteiger partial charge in [-0.05, 0) is 43.2 Å². The normalized spacial score (nSPS) is 10.1. The zero-order chi connectivity index (χ0) is 11.4. The number of pyridine rings is 1. The van der Waals surface area contributed by atoms with Crippen LogP contribution in [0.1, 0.15) is 16.7 Å². The second kappa shape index (κ2) is 4.79. The minimum absolute atomic E-state index is 0.847. The van der Waals surface area contributed by atoms with Gasteiger partial charge in [0.05, 0.1) is 0 Å². The molecule has 2 heteroatoms. The molecule has 2 nitrogen and oxygen atoms in total. The molecule has 2 N–H and O–H groups in total. The van der Waals surface area contributed by atoms with Gasteiger partial charge in [0.1, 0.15) is 0 Å². The Balaban J connectivity index is 2.03. The summed E-state index contributed by atoms with van der Waals surface area (Å²) >= 11 is 0. The van der Waals surface area contributed by atoms with E-state index < -0.39 is 0 Å². The molecule has 16 heavy (non-hydrogen) atoms. The summed E-state index contributed by atoms with van der Waals surface area (Å²) in [6.07, 6.45) is 3.92. The van der Waals surface area contributed by atoms with E-state index in [0.717, 1.165) is 6.54 Å². The third kappa shape index (κ3) is 2.60. The molecule has 0 amide bonds. The fraction of sp³-hybridized carbons (Fsp3) is 0.214. The average molecular weight is 213 g/mol. The first-order chi connectivity index (χ1) is 7.75. The predicted molar refractivity (Wildman–Crippen MR) is 66.2 cm³/mol. The molecule has 0 atom stereocenters. The summed E-state index contributed by atoms with van der Waals surface area (Å²) in [6, 6.07) is 10.6. The molecule has 0 spiro atoms. The highest BCUT2D eigenvalue weighted by atomic mass is 14.9. The molecule has 1 aromatic carbocycles. The van der Waals surface area contributed by atoms with Crippen molar-refractivity contribution in [2.45, 2.75) is 20.4 Å². The second-order valence-electron chi connectivity index (χ2n) is 4.06. The zero-order valence-electron chi connectivity index (χ0n) is 9.75. The first-order valence-corrected chi connectivity index (χ1v) is 5.52. The molecule has 0 aliphatic carbocycles. The van der Waals surface area contributed by atoms with Crippen LogP contribution in [0.2, 0.25) is 0 Å². The summed E-state index contributed by atoms with van der Waals surface area (Å²) in [7, 11) is 0. The Kier molecular flexibility index (Phi) is 3.20. The molecule has 0 fully saturated rings. The van der Waals surface area contributed by atoms with Gasteiger partial charge in [-0.1, -0.05) is 6.07 Å². The molecule has 2 aromatic rings. The van der Waals surface area contributed by atoms with Crippen molar-refractivity contribution in [3.8, 4) is 0 Å². The number of aryl methyl sites for hydroxylation is 2. The smallest absolute Gasteiger partial charge is 0.171 e. The number of anilines is 1. The molecule has 2 rings (SSSR count). The Morgan fingerprint density at radius 2 is 2.00 bits per heavy atom. The Morgan fingerprint density at radius 3 is 2.69 bits per heavy atom. The lowest BCUT2D eigenvalue weighted by Gasteiger charge is -2.07. The molecule has 0 saturated carbocycles. The number of aromatic nitrogens is 1. The van der Waals surface area contributed by atoms with Gasteiger partial charge in [-0.25, -0.2) is 4.98 Å². The monoisotopic (exact) mass is 213 g/mol. The first-order valence-electron chi connectivity index (χ1n) is 5.52. The molecule has 0 unspecified atom stereocenters. The van der Waals surface area contributed by atoms with Crippen molar-refractivity contribution in [3.63, 3.8) is 0 Å².